The minimum absolute atomic E-state index is 0.318. The Hall–Kier alpha value is -1.69. The van der Waals surface area contributed by atoms with Crippen LogP contribution >= 0.6 is 11.6 Å². The Morgan fingerprint density at radius 1 is 1.00 bits per heavy atom. The molecule has 0 saturated carbocycles. The zero-order chi connectivity index (χ0) is 13.7. The number of benzene rings is 2. The lowest BCUT2D eigenvalue weighted by molar-refractivity contribution is 0.284. The summed E-state index contributed by atoms with van der Waals surface area (Å²) in [6.07, 6.45) is 0. The summed E-state index contributed by atoms with van der Waals surface area (Å²) in [4.78, 5) is 0. The van der Waals surface area contributed by atoms with Gasteiger partial charge in [0.15, 0.2) is 0 Å². The zero-order valence-electron chi connectivity index (χ0n) is 9.99. The lowest BCUT2D eigenvalue weighted by atomic mass is 10.2. The van der Waals surface area contributed by atoms with Crippen LogP contribution < -0.4 is 9.39 Å². The molecule has 0 spiro atoms. The Balaban J connectivity index is 1.99. The molecule has 0 aliphatic heterocycles. The van der Waals surface area contributed by atoms with Gasteiger partial charge in [0.25, 0.3) is 0 Å². The molecule has 4 nitrogen and oxygen atoms in total. The number of rotatable bonds is 5. The van der Waals surface area contributed by atoms with E-state index >= 15 is 0 Å². The van der Waals surface area contributed by atoms with E-state index in [4.69, 9.17) is 31.0 Å². The van der Waals surface area contributed by atoms with Crippen LogP contribution in [0.4, 0.5) is 0 Å². The predicted molar refractivity (Wildman–Crippen MR) is 73.0 cm³/mol. The molecule has 0 unspecified atom stereocenters. The van der Waals surface area contributed by atoms with Gasteiger partial charge in [-0.3, -0.25) is 0 Å². The van der Waals surface area contributed by atoms with Crippen molar-refractivity contribution >= 4 is 18.9 Å². The fourth-order valence-corrected chi connectivity index (χ4v) is 1.77. The highest BCUT2D eigenvalue weighted by atomic mass is 35.5. The van der Waals surface area contributed by atoms with Crippen molar-refractivity contribution in [3.05, 3.63) is 59.1 Å². The van der Waals surface area contributed by atoms with Gasteiger partial charge in [-0.1, -0.05) is 29.8 Å². The highest BCUT2D eigenvalue weighted by molar-refractivity contribution is 6.33. The van der Waals surface area contributed by atoms with Gasteiger partial charge in [-0.05, 0) is 29.8 Å². The van der Waals surface area contributed by atoms with E-state index in [-0.39, 0.29) is 0 Å². The van der Waals surface area contributed by atoms with E-state index in [0.29, 0.717) is 23.1 Å². The van der Waals surface area contributed by atoms with Crippen LogP contribution in [0.3, 0.4) is 0 Å². The molecule has 0 bridgehead atoms. The van der Waals surface area contributed by atoms with Crippen LogP contribution in [0, 0.1) is 0 Å². The van der Waals surface area contributed by atoms with Gasteiger partial charge in [0.2, 0.25) is 0 Å². The van der Waals surface area contributed by atoms with Gasteiger partial charge in [0.1, 0.15) is 18.1 Å². The summed E-state index contributed by atoms with van der Waals surface area (Å²) in [6, 6.07) is 14.0. The number of halogens is 1. The van der Waals surface area contributed by atoms with Crippen molar-refractivity contribution in [1.82, 2.24) is 0 Å². The van der Waals surface area contributed by atoms with Gasteiger partial charge in [0, 0.05) is 11.1 Å². The average molecular weight is 278 g/mol. The Morgan fingerprint density at radius 2 is 1.74 bits per heavy atom. The maximum atomic E-state index is 8.71. The Kier molecular flexibility index (Phi) is 4.68. The second-order valence-corrected chi connectivity index (χ2v) is 4.27. The SMILES string of the molecule is OB(O)Oc1cccc(OCc2cccc(Cl)c2)c1. The van der Waals surface area contributed by atoms with Crippen LogP contribution in [-0.2, 0) is 6.61 Å². The van der Waals surface area contributed by atoms with Crippen LogP contribution in [0.2, 0.25) is 5.02 Å². The van der Waals surface area contributed by atoms with E-state index in [1.807, 2.05) is 18.2 Å². The standard InChI is InChI=1S/C13H12BClO4/c15-11-4-1-3-10(7-11)9-18-12-5-2-6-13(8-12)19-14(16)17/h1-8,16-17H,9H2. The first-order valence-electron chi connectivity index (χ1n) is 5.63. The zero-order valence-corrected chi connectivity index (χ0v) is 10.7. The third kappa shape index (κ3) is 4.48. The van der Waals surface area contributed by atoms with Crippen LogP contribution in [0.15, 0.2) is 48.5 Å². The summed E-state index contributed by atoms with van der Waals surface area (Å²) in [7, 11) is -1.84. The van der Waals surface area contributed by atoms with Crippen molar-refractivity contribution in [2.75, 3.05) is 0 Å². The fraction of sp³-hybridized carbons (Fsp3) is 0.0769. The van der Waals surface area contributed by atoms with Gasteiger partial charge in [-0.25, -0.2) is 0 Å². The molecule has 2 rings (SSSR count). The Morgan fingerprint density at radius 3 is 2.47 bits per heavy atom. The van der Waals surface area contributed by atoms with E-state index in [1.54, 1.807) is 30.3 Å². The first kappa shape index (κ1) is 13.7. The molecule has 19 heavy (non-hydrogen) atoms. The van der Waals surface area contributed by atoms with Gasteiger partial charge in [0.05, 0.1) is 0 Å². The van der Waals surface area contributed by atoms with E-state index < -0.39 is 7.32 Å². The van der Waals surface area contributed by atoms with Gasteiger partial charge in [-0.15, -0.1) is 0 Å². The molecule has 0 heterocycles. The molecule has 0 atom stereocenters. The van der Waals surface area contributed by atoms with Crippen LogP contribution in [0.25, 0.3) is 0 Å². The summed E-state index contributed by atoms with van der Waals surface area (Å²) in [5.74, 6) is 0.886. The third-order valence-electron chi connectivity index (χ3n) is 2.34. The molecule has 0 aromatic heterocycles. The van der Waals surface area contributed by atoms with Crippen LogP contribution in [-0.4, -0.2) is 17.4 Å². The largest absolute Gasteiger partial charge is 0.707 e. The first-order chi connectivity index (χ1) is 9.13. The monoisotopic (exact) mass is 278 g/mol. The lowest BCUT2D eigenvalue weighted by Crippen LogP contribution is -2.20. The molecular formula is C13H12BClO4. The molecule has 0 saturated heterocycles. The second-order valence-electron chi connectivity index (χ2n) is 3.84. The highest BCUT2D eigenvalue weighted by Gasteiger charge is 2.11. The molecule has 0 fully saturated rings. The Bertz CT molecular complexity index is 548. The molecule has 0 amide bonds. The molecule has 0 aliphatic carbocycles. The second kappa shape index (κ2) is 6.47. The molecule has 98 valence electrons. The van der Waals surface area contributed by atoms with E-state index in [0.717, 1.165) is 5.56 Å². The first-order valence-corrected chi connectivity index (χ1v) is 6.01. The maximum Gasteiger partial charge on any atom is 0.707 e. The smallest absolute Gasteiger partial charge is 0.512 e. The maximum absolute atomic E-state index is 8.71. The van der Waals surface area contributed by atoms with E-state index in [9.17, 15) is 0 Å². The van der Waals surface area contributed by atoms with Crippen molar-refractivity contribution in [3.63, 3.8) is 0 Å². The normalized spacial score (nSPS) is 10.1. The number of hydrogen-bond donors (Lipinski definition) is 2. The minimum atomic E-state index is -1.84. The topological polar surface area (TPSA) is 58.9 Å². The summed E-state index contributed by atoms with van der Waals surface area (Å²) in [5.41, 5.74) is 0.945. The predicted octanol–water partition coefficient (Wildman–Crippen LogP) is 2.27. The number of ether oxygens (including phenoxy) is 1. The van der Waals surface area contributed by atoms with Gasteiger partial charge in [-0.2, -0.15) is 0 Å². The van der Waals surface area contributed by atoms with Crippen LogP contribution in [0.5, 0.6) is 11.5 Å². The van der Waals surface area contributed by atoms with Crippen LogP contribution in [0.1, 0.15) is 5.56 Å². The molecule has 2 N–H and O–H groups in total. The summed E-state index contributed by atoms with van der Waals surface area (Å²) < 4.78 is 10.3. The summed E-state index contributed by atoms with van der Waals surface area (Å²) in [6.45, 7) is 0.367. The quantitative estimate of drug-likeness (QED) is 0.824. The minimum Gasteiger partial charge on any atom is -0.512 e. The summed E-state index contributed by atoms with van der Waals surface area (Å²) >= 11 is 5.88. The molecule has 0 aliphatic rings. The van der Waals surface area contributed by atoms with Crippen molar-refractivity contribution in [2.45, 2.75) is 6.61 Å². The molecule has 6 heteroatoms. The summed E-state index contributed by atoms with van der Waals surface area (Å²) in [5, 5.41) is 18.1. The molecule has 2 aromatic carbocycles. The van der Waals surface area contributed by atoms with Gasteiger partial charge >= 0.3 is 7.32 Å². The van der Waals surface area contributed by atoms with Crippen molar-refractivity contribution in [2.24, 2.45) is 0 Å². The highest BCUT2D eigenvalue weighted by Crippen LogP contribution is 2.21. The van der Waals surface area contributed by atoms with E-state index in [1.165, 1.54) is 0 Å². The molecule has 2 aromatic rings. The fourth-order valence-electron chi connectivity index (χ4n) is 1.55. The van der Waals surface area contributed by atoms with Crippen molar-refractivity contribution in [1.29, 1.82) is 0 Å². The molecular weight excluding hydrogens is 266 g/mol. The lowest BCUT2D eigenvalue weighted by Gasteiger charge is -2.09. The van der Waals surface area contributed by atoms with Crippen molar-refractivity contribution in [3.8, 4) is 11.5 Å². The molecule has 0 radical (unpaired) electrons. The van der Waals surface area contributed by atoms with Gasteiger partial charge < -0.3 is 19.4 Å². The average Bonchev–Trinajstić information content (AvgIpc) is 2.36. The van der Waals surface area contributed by atoms with E-state index in [2.05, 4.69) is 0 Å². The number of hydrogen-bond acceptors (Lipinski definition) is 4. The van der Waals surface area contributed by atoms with Crippen molar-refractivity contribution < 1.29 is 19.4 Å². The Labute approximate surface area is 116 Å². The third-order valence-corrected chi connectivity index (χ3v) is 2.58.